The van der Waals surface area contributed by atoms with Gasteiger partial charge < -0.3 is 14.9 Å². The standard InChI is InChI=1S/C13H20N2O4/c16-12(10-11-7-9-19-15-11)14-8-5-3-1-2-4-6-13(17)18/h7,9H,1-6,8,10H2,(H,14,16)(H,17,18). The number of amides is 1. The van der Waals surface area contributed by atoms with Crippen LogP contribution in [0, 0.1) is 0 Å². The second-order valence-electron chi connectivity index (χ2n) is 4.43. The van der Waals surface area contributed by atoms with Gasteiger partial charge in [0.2, 0.25) is 5.91 Å². The van der Waals surface area contributed by atoms with E-state index in [1.165, 1.54) is 6.26 Å². The number of carboxylic acid groups (broad SMARTS) is 1. The number of aromatic nitrogens is 1. The Balaban J connectivity index is 1.90. The highest BCUT2D eigenvalue weighted by molar-refractivity contribution is 5.77. The zero-order valence-corrected chi connectivity index (χ0v) is 10.9. The Morgan fingerprint density at radius 2 is 1.95 bits per heavy atom. The Morgan fingerprint density at radius 1 is 1.21 bits per heavy atom. The Kier molecular flexibility index (Phi) is 7.31. The van der Waals surface area contributed by atoms with Crippen molar-refractivity contribution in [2.75, 3.05) is 6.54 Å². The Hall–Kier alpha value is -1.85. The molecule has 0 aliphatic carbocycles. The van der Waals surface area contributed by atoms with E-state index < -0.39 is 5.97 Å². The third kappa shape index (κ3) is 7.96. The van der Waals surface area contributed by atoms with Crippen molar-refractivity contribution >= 4 is 11.9 Å². The molecule has 0 saturated heterocycles. The summed E-state index contributed by atoms with van der Waals surface area (Å²) in [6.45, 7) is 0.648. The van der Waals surface area contributed by atoms with Gasteiger partial charge in [-0.25, -0.2) is 0 Å². The summed E-state index contributed by atoms with van der Waals surface area (Å²) in [5.74, 6) is -0.792. The Labute approximate surface area is 112 Å². The number of rotatable bonds is 10. The number of hydrogen-bond acceptors (Lipinski definition) is 4. The van der Waals surface area contributed by atoms with Crippen molar-refractivity contribution in [3.8, 4) is 0 Å². The monoisotopic (exact) mass is 268 g/mol. The summed E-state index contributed by atoms with van der Waals surface area (Å²) in [7, 11) is 0. The fourth-order valence-electron chi connectivity index (χ4n) is 1.72. The first-order valence-corrected chi connectivity index (χ1v) is 6.56. The van der Waals surface area contributed by atoms with Crippen molar-refractivity contribution in [1.29, 1.82) is 0 Å². The number of nitrogens with one attached hydrogen (secondary N) is 1. The van der Waals surface area contributed by atoms with Crippen LogP contribution in [0.1, 0.15) is 44.2 Å². The van der Waals surface area contributed by atoms with Crippen molar-refractivity contribution in [1.82, 2.24) is 10.5 Å². The molecule has 0 fully saturated rings. The van der Waals surface area contributed by atoms with Crippen LogP contribution in [0.2, 0.25) is 0 Å². The minimum Gasteiger partial charge on any atom is -0.481 e. The zero-order chi connectivity index (χ0) is 13.9. The summed E-state index contributed by atoms with van der Waals surface area (Å²) in [6, 6.07) is 1.67. The molecule has 0 spiro atoms. The van der Waals surface area contributed by atoms with Gasteiger partial charge in [0.1, 0.15) is 6.26 Å². The van der Waals surface area contributed by atoms with Crippen LogP contribution in [0.25, 0.3) is 0 Å². The summed E-state index contributed by atoms with van der Waals surface area (Å²) in [6.07, 6.45) is 6.52. The summed E-state index contributed by atoms with van der Waals surface area (Å²) < 4.78 is 4.64. The minimum absolute atomic E-state index is 0.0558. The van der Waals surface area contributed by atoms with Crippen LogP contribution in [0.15, 0.2) is 16.9 Å². The second kappa shape index (κ2) is 9.13. The van der Waals surface area contributed by atoms with Gasteiger partial charge in [-0.05, 0) is 12.8 Å². The van der Waals surface area contributed by atoms with Crippen LogP contribution in [0.4, 0.5) is 0 Å². The van der Waals surface area contributed by atoms with Crippen LogP contribution < -0.4 is 5.32 Å². The van der Waals surface area contributed by atoms with Crippen LogP contribution in [-0.2, 0) is 16.0 Å². The molecule has 1 heterocycles. The van der Waals surface area contributed by atoms with E-state index in [4.69, 9.17) is 5.11 Å². The molecule has 0 atom stereocenters. The molecule has 0 unspecified atom stereocenters. The minimum atomic E-state index is -0.736. The van der Waals surface area contributed by atoms with Gasteiger partial charge in [0, 0.05) is 19.0 Å². The van der Waals surface area contributed by atoms with Gasteiger partial charge in [0.25, 0.3) is 0 Å². The number of aliphatic carboxylic acids is 1. The number of hydrogen-bond donors (Lipinski definition) is 2. The lowest BCUT2D eigenvalue weighted by atomic mass is 10.1. The van der Waals surface area contributed by atoms with E-state index in [2.05, 4.69) is 15.0 Å². The molecule has 6 heteroatoms. The molecule has 0 bridgehead atoms. The average Bonchev–Trinajstić information content (AvgIpc) is 2.85. The van der Waals surface area contributed by atoms with E-state index in [-0.39, 0.29) is 18.7 Å². The maximum absolute atomic E-state index is 11.5. The highest BCUT2D eigenvalue weighted by Gasteiger charge is 2.04. The fourth-order valence-corrected chi connectivity index (χ4v) is 1.72. The van der Waals surface area contributed by atoms with Crippen molar-refractivity contribution < 1.29 is 19.2 Å². The van der Waals surface area contributed by atoms with Gasteiger partial charge in [-0.15, -0.1) is 0 Å². The molecule has 1 aromatic rings. The molecule has 2 N–H and O–H groups in total. The normalized spacial score (nSPS) is 10.3. The highest BCUT2D eigenvalue weighted by Crippen LogP contribution is 2.04. The van der Waals surface area contributed by atoms with E-state index in [0.717, 1.165) is 32.1 Å². The first kappa shape index (κ1) is 15.2. The topological polar surface area (TPSA) is 92.4 Å². The van der Waals surface area contributed by atoms with Crippen molar-refractivity contribution in [3.05, 3.63) is 18.0 Å². The smallest absolute Gasteiger partial charge is 0.303 e. The van der Waals surface area contributed by atoms with Crippen LogP contribution in [0.5, 0.6) is 0 Å². The number of carbonyl (C=O) groups excluding carboxylic acids is 1. The molecule has 0 aromatic carbocycles. The quantitative estimate of drug-likeness (QED) is 0.631. The Bertz CT molecular complexity index is 376. The molecular formula is C13H20N2O4. The number of carboxylic acids is 1. The number of nitrogens with zero attached hydrogens (tertiary/aromatic N) is 1. The number of unbranched alkanes of at least 4 members (excludes halogenated alkanes) is 4. The zero-order valence-electron chi connectivity index (χ0n) is 10.9. The molecule has 0 aliphatic heterocycles. The Morgan fingerprint density at radius 3 is 2.63 bits per heavy atom. The van der Waals surface area contributed by atoms with Gasteiger partial charge in [-0.2, -0.15) is 0 Å². The van der Waals surface area contributed by atoms with Crippen molar-refractivity contribution in [2.45, 2.75) is 44.9 Å². The van der Waals surface area contributed by atoms with Crippen LogP contribution in [0.3, 0.4) is 0 Å². The highest BCUT2D eigenvalue weighted by atomic mass is 16.5. The molecule has 106 valence electrons. The molecule has 1 rings (SSSR count). The molecule has 0 saturated carbocycles. The lowest BCUT2D eigenvalue weighted by molar-refractivity contribution is -0.137. The second-order valence-corrected chi connectivity index (χ2v) is 4.43. The third-order valence-electron chi connectivity index (χ3n) is 2.72. The molecule has 1 amide bonds. The van der Waals surface area contributed by atoms with Gasteiger partial charge in [-0.1, -0.05) is 24.4 Å². The predicted octanol–water partition coefficient (Wildman–Crippen LogP) is 1.76. The lowest BCUT2D eigenvalue weighted by Crippen LogP contribution is -2.26. The first-order chi connectivity index (χ1) is 9.18. The molecular weight excluding hydrogens is 248 g/mol. The van der Waals surface area contributed by atoms with Gasteiger partial charge >= 0.3 is 5.97 Å². The van der Waals surface area contributed by atoms with Gasteiger partial charge in [0.05, 0.1) is 12.1 Å². The third-order valence-corrected chi connectivity index (χ3v) is 2.72. The van der Waals surface area contributed by atoms with E-state index in [9.17, 15) is 9.59 Å². The first-order valence-electron chi connectivity index (χ1n) is 6.56. The van der Waals surface area contributed by atoms with Crippen molar-refractivity contribution in [3.63, 3.8) is 0 Å². The molecule has 6 nitrogen and oxygen atoms in total. The summed E-state index contributed by atoms with van der Waals surface area (Å²) in [5.41, 5.74) is 0.631. The molecule has 1 aromatic heterocycles. The van der Waals surface area contributed by atoms with Crippen molar-refractivity contribution in [2.24, 2.45) is 0 Å². The lowest BCUT2D eigenvalue weighted by Gasteiger charge is -2.03. The SMILES string of the molecule is O=C(O)CCCCCCCNC(=O)Cc1ccon1. The predicted molar refractivity (Wildman–Crippen MR) is 68.6 cm³/mol. The number of carbonyl (C=O) groups is 2. The fraction of sp³-hybridized carbons (Fsp3) is 0.615. The molecule has 0 radical (unpaired) electrons. The molecule has 0 aliphatic rings. The maximum Gasteiger partial charge on any atom is 0.303 e. The largest absolute Gasteiger partial charge is 0.481 e. The summed E-state index contributed by atoms with van der Waals surface area (Å²) in [4.78, 5) is 21.7. The van der Waals surface area contributed by atoms with E-state index in [1.807, 2.05) is 0 Å². The van der Waals surface area contributed by atoms with Crippen LogP contribution in [-0.4, -0.2) is 28.7 Å². The van der Waals surface area contributed by atoms with Crippen LogP contribution >= 0.6 is 0 Å². The summed E-state index contributed by atoms with van der Waals surface area (Å²) in [5, 5.41) is 14.9. The van der Waals surface area contributed by atoms with E-state index in [1.54, 1.807) is 6.07 Å². The average molecular weight is 268 g/mol. The van der Waals surface area contributed by atoms with E-state index in [0.29, 0.717) is 12.2 Å². The maximum atomic E-state index is 11.5. The van der Waals surface area contributed by atoms with Gasteiger partial charge in [0.15, 0.2) is 0 Å². The van der Waals surface area contributed by atoms with E-state index >= 15 is 0 Å². The summed E-state index contributed by atoms with van der Waals surface area (Å²) >= 11 is 0. The van der Waals surface area contributed by atoms with Gasteiger partial charge in [-0.3, -0.25) is 9.59 Å². The molecule has 19 heavy (non-hydrogen) atoms.